The monoisotopic (exact) mass is 435 g/mol. The number of amides is 1. The number of rotatable bonds is 3. The molecule has 0 radical (unpaired) electrons. The van der Waals surface area contributed by atoms with Gasteiger partial charge in [0.1, 0.15) is 11.5 Å². The van der Waals surface area contributed by atoms with E-state index >= 15 is 0 Å². The maximum Gasteiger partial charge on any atom is 0.416 e. The molecule has 10 heteroatoms. The van der Waals surface area contributed by atoms with Gasteiger partial charge < -0.3 is 15.4 Å². The molecule has 1 atom stereocenters. The number of halogens is 5. The maximum atomic E-state index is 14.1. The van der Waals surface area contributed by atoms with E-state index in [2.05, 4.69) is 15.6 Å². The van der Waals surface area contributed by atoms with Gasteiger partial charge >= 0.3 is 6.18 Å². The Balaban J connectivity index is 1.58. The molecule has 0 fully saturated rings. The van der Waals surface area contributed by atoms with E-state index in [0.29, 0.717) is 11.8 Å². The van der Waals surface area contributed by atoms with Crippen LogP contribution in [0.5, 0.6) is 5.75 Å². The number of benzene rings is 2. The Hall–Kier alpha value is -3.69. The summed E-state index contributed by atoms with van der Waals surface area (Å²) >= 11 is 0. The van der Waals surface area contributed by atoms with Crippen molar-refractivity contribution in [2.45, 2.75) is 12.3 Å². The third-order valence-corrected chi connectivity index (χ3v) is 4.61. The smallest absolute Gasteiger partial charge is 0.416 e. The fourth-order valence-electron chi connectivity index (χ4n) is 3.12. The average Bonchev–Trinajstić information content (AvgIpc) is 2.72. The fourth-order valence-corrected chi connectivity index (χ4v) is 3.12. The molecular weight excluding hydrogens is 421 g/mol. The largest absolute Gasteiger partial charge is 0.479 e. The molecule has 4 rings (SSSR count). The molecule has 0 saturated heterocycles. The molecule has 2 heterocycles. The number of ether oxygens (including phenoxy) is 1. The second-order valence-corrected chi connectivity index (χ2v) is 6.72. The summed E-state index contributed by atoms with van der Waals surface area (Å²) in [5.41, 5.74) is -0.262. The first kappa shape index (κ1) is 20.6. The van der Waals surface area contributed by atoms with E-state index in [1.807, 2.05) is 0 Å². The summed E-state index contributed by atoms with van der Waals surface area (Å²) in [6, 6.07) is 9.36. The Kier molecular flexibility index (Phi) is 5.22. The maximum absolute atomic E-state index is 14.1. The van der Waals surface area contributed by atoms with Crippen LogP contribution in [0.3, 0.4) is 0 Å². The lowest BCUT2D eigenvalue weighted by atomic mass is 10.1. The van der Waals surface area contributed by atoms with Crippen molar-refractivity contribution in [1.82, 2.24) is 4.98 Å². The highest BCUT2D eigenvalue weighted by Crippen LogP contribution is 2.38. The van der Waals surface area contributed by atoms with Gasteiger partial charge in [0.25, 0.3) is 5.91 Å². The Labute approximate surface area is 172 Å². The summed E-state index contributed by atoms with van der Waals surface area (Å²) in [4.78, 5) is 16.5. The van der Waals surface area contributed by atoms with Crippen molar-refractivity contribution >= 4 is 17.3 Å². The van der Waals surface area contributed by atoms with Crippen LogP contribution < -0.4 is 15.4 Å². The van der Waals surface area contributed by atoms with Gasteiger partial charge in [-0.05, 0) is 36.4 Å². The van der Waals surface area contributed by atoms with Crippen LogP contribution in [-0.4, -0.2) is 17.4 Å². The summed E-state index contributed by atoms with van der Waals surface area (Å²) in [6.45, 7) is 0.131. The lowest BCUT2D eigenvalue weighted by Gasteiger charge is -2.28. The highest BCUT2D eigenvalue weighted by molar-refractivity contribution is 6.07. The number of anilines is 2. The van der Waals surface area contributed by atoms with Gasteiger partial charge in [-0.1, -0.05) is 6.07 Å². The molecular formula is C21H14F5N3O2. The minimum Gasteiger partial charge on any atom is -0.479 e. The normalized spacial score (nSPS) is 15.5. The van der Waals surface area contributed by atoms with Gasteiger partial charge in [0.15, 0.2) is 17.7 Å². The van der Waals surface area contributed by atoms with Crippen molar-refractivity contribution in [2.24, 2.45) is 0 Å². The predicted molar refractivity (Wildman–Crippen MR) is 102 cm³/mol. The molecule has 160 valence electrons. The first-order valence-electron chi connectivity index (χ1n) is 9.05. The van der Waals surface area contributed by atoms with Crippen LogP contribution in [0.4, 0.5) is 33.3 Å². The Morgan fingerprint density at radius 2 is 1.87 bits per heavy atom. The lowest BCUT2D eigenvalue weighted by Crippen LogP contribution is -2.27. The molecule has 2 N–H and O–H groups in total. The Morgan fingerprint density at radius 3 is 2.55 bits per heavy atom. The molecule has 0 aliphatic carbocycles. The molecule has 1 aromatic heterocycles. The summed E-state index contributed by atoms with van der Waals surface area (Å²) in [5.74, 6) is -2.23. The molecule has 3 aromatic rings. The molecule has 2 aromatic carbocycles. The first-order chi connectivity index (χ1) is 14.7. The van der Waals surface area contributed by atoms with Gasteiger partial charge in [-0.2, -0.15) is 13.2 Å². The molecule has 1 unspecified atom stereocenters. The molecule has 0 bridgehead atoms. The summed E-state index contributed by atoms with van der Waals surface area (Å²) in [5, 5.41) is 5.51. The SMILES string of the molecule is O=C(Nc1ccc(C(F)(F)F)cc1)c1cccc2c1OC(c1ncc(F)cc1F)CN2. The van der Waals surface area contributed by atoms with Gasteiger partial charge in [0, 0.05) is 11.8 Å². The molecule has 0 saturated carbocycles. The van der Waals surface area contributed by atoms with E-state index in [1.165, 1.54) is 6.07 Å². The topological polar surface area (TPSA) is 63.2 Å². The number of hydrogen-bond donors (Lipinski definition) is 2. The average molecular weight is 435 g/mol. The second-order valence-electron chi connectivity index (χ2n) is 6.72. The van der Waals surface area contributed by atoms with Crippen molar-refractivity contribution in [3.63, 3.8) is 0 Å². The molecule has 1 aliphatic rings. The minimum atomic E-state index is -4.49. The van der Waals surface area contributed by atoms with Crippen molar-refractivity contribution in [1.29, 1.82) is 0 Å². The zero-order valence-electron chi connectivity index (χ0n) is 15.6. The van der Waals surface area contributed by atoms with Crippen LogP contribution >= 0.6 is 0 Å². The highest BCUT2D eigenvalue weighted by Gasteiger charge is 2.31. The second kappa shape index (κ2) is 7.86. The van der Waals surface area contributed by atoms with Crippen molar-refractivity contribution in [2.75, 3.05) is 17.2 Å². The van der Waals surface area contributed by atoms with Crippen LogP contribution in [0, 0.1) is 11.6 Å². The van der Waals surface area contributed by atoms with Crippen LogP contribution in [0.2, 0.25) is 0 Å². The Morgan fingerprint density at radius 1 is 1.13 bits per heavy atom. The molecule has 1 amide bonds. The zero-order valence-corrected chi connectivity index (χ0v) is 15.6. The van der Waals surface area contributed by atoms with E-state index < -0.39 is 35.4 Å². The molecule has 5 nitrogen and oxygen atoms in total. The zero-order chi connectivity index (χ0) is 22.2. The number of alkyl halides is 3. The van der Waals surface area contributed by atoms with E-state index in [-0.39, 0.29) is 29.2 Å². The van der Waals surface area contributed by atoms with Crippen LogP contribution in [-0.2, 0) is 6.18 Å². The van der Waals surface area contributed by atoms with Crippen molar-refractivity contribution in [3.8, 4) is 5.75 Å². The summed E-state index contributed by atoms with van der Waals surface area (Å²) < 4.78 is 71.1. The number of aromatic nitrogens is 1. The molecule has 1 aliphatic heterocycles. The summed E-state index contributed by atoms with van der Waals surface area (Å²) in [6.07, 6.45) is -4.55. The quantitative estimate of drug-likeness (QED) is 0.557. The van der Waals surface area contributed by atoms with Crippen LogP contribution in [0.25, 0.3) is 0 Å². The van der Waals surface area contributed by atoms with Crippen LogP contribution in [0.1, 0.15) is 27.7 Å². The standard InChI is InChI=1S/C21H14F5N3O2/c22-12-8-15(23)18(28-9-12)17-10-27-16-3-1-2-14(19(16)31-17)20(30)29-13-6-4-11(5-7-13)21(24,25)26/h1-9,17,27H,10H2,(H,29,30). The number of pyridine rings is 1. The molecule has 0 spiro atoms. The number of nitrogens with one attached hydrogen (secondary N) is 2. The number of carbonyl (C=O) groups excluding carboxylic acids is 1. The number of hydrogen-bond acceptors (Lipinski definition) is 4. The van der Waals surface area contributed by atoms with Gasteiger partial charge in [0.2, 0.25) is 0 Å². The third-order valence-electron chi connectivity index (χ3n) is 4.61. The number of para-hydroxylation sites is 1. The minimum absolute atomic E-state index is 0.0807. The Bertz CT molecular complexity index is 1130. The molecule has 31 heavy (non-hydrogen) atoms. The number of nitrogens with zero attached hydrogens (tertiary/aromatic N) is 1. The lowest BCUT2D eigenvalue weighted by molar-refractivity contribution is -0.137. The van der Waals surface area contributed by atoms with Gasteiger partial charge in [-0.25, -0.2) is 8.78 Å². The number of carbonyl (C=O) groups is 1. The van der Waals surface area contributed by atoms with E-state index in [1.54, 1.807) is 12.1 Å². The number of fused-ring (bicyclic) bond motifs is 1. The highest BCUT2D eigenvalue weighted by atomic mass is 19.4. The van der Waals surface area contributed by atoms with Gasteiger partial charge in [-0.3, -0.25) is 9.78 Å². The van der Waals surface area contributed by atoms with Gasteiger partial charge in [-0.15, -0.1) is 0 Å². The van der Waals surface area contributed by atoms with E-state index in [4.69, 9.17) is 4.74 Å². The third kappa shape index (κ3) is 4.27. The van der Waals surface area contributed by atoms with Gasteiger partial charge in [0.05, 0.1) is 29.6 Å². The van der Waals surface area contributed by atoms with Crippen molar-refractivity contribution < 1.29 is 31.5 Å². The van der Waals surface area contributed by atoms with Crippen molar-refractivity contribution in [3.05, 3.63) is 83.2 Å². The van der Waals surface area contributed by atoms with Crippen LogP contribution in [0.15, 0.2) is 54.7 Å². The summed E-state index contributed by atoms with van der Waals surface area (Å²) in [7, 11) is 0. The van der Waals surface area contributed by atoms with E-state index in [0.717, 1.165) is 30.5 Å². The van der Waals surface area contributed by atoms with E-state index in [9.17, 15) is 26.7 Å². The predicted octanol–water partition coefficient (Wildman–Crippen LogP) is 5.18. The fraction of sp³-hybridized carbons (Fsp3) is 0.143. The first-order valence-corrected chi connectivity index (χ1v) is 9.05.